The van der Waals surface area contributed by atoms with Crippen LogP contribution in [0.1, 0.15) is 26.2 Å². The van der Waals surface area contributed by atoms with Gasteiger partial charge in [0.2, 0.25) is 0 Å². The van der Waals surface area contributed by atoms with Crippen LogP contribution in [0.15, 0.2) is 4.99 Å². The summed E-state index contributed by atoms with van der Waals surface area (Å²) in [6.45, 7) is 9.48. The fraction of sp³-hybridized carbons (Fsp3) is 0.900. The first-order chi connectivity index (χ1) is 6.01. The van der Waals surface area contributed by atoms with E-state index in [1.54, 1.807) is 0 Å². The van der Waals surface area contributed by atoms with Crippen molar-refractivity contribution in [3.63, 3.8) is 0 Å². The van der Waals surface area contributed by atoms with Gasteiger partial charge in [0.15, 0.2) is 0 Å². The number of hydrogen-bond donors (Lipinski definition) is 0. The van der Waals surface area contributed by atoms with Gasteiger partial charge >= 0.3 is 0 Å². The lowest BCUT2D eigenvalue weighted by Gasteiger charge is -2.20. The number of hydrogen-bond acceptors (Lipinski definition) is 2. The second-order valence-corrected chi connectivity index (χ2v) is 14.2. The summed E-state index contributed by atoms with van der Waals surface area (Å²) in [5.41, 5.74) is 0. The molecule has 0 radical (unpaired) electrons. The van der Waals surface area contributed by atoms with Gasteiger partial charge in [0, 0.05) is 17.5 Å². The zero-order valence-corrected chi connectivity index (χ0v) is 11.0. The van der Waals surface area contributed by atoms with Gasteiger partial charge in [0.05, 0.1) is 0 Å². The van der Waals surface area contributed by atoms with Crippen LogP contribution in [0.5, 0.6) is 0 Å². The third-order valence-electron chi connectivity index (χ3n) is 1.92. The molecule has 1 fully saturated rings. The maximum absolute atomic E-state index is 4.57. The van der Waals surface area contributed by atoms with Gasteiger partial charge < -0.3 is 0 Å². The summed E-state index contributed by atoms with van der Waals surface area (Å²) in [7, 11) is -0.967. The fourth-order valence-corrected chi connectivity index (χ4v) is 5.73. The molecule has 0 amide bonds. The Hall–Kier alpha value is 0.237. The van der Waals surface area contributed by atoms with E-state index >= 15 is 0 Å². The topological polar surface area (TPSA) is 12.4 Å². The molecular formula is C10H21NSSi. The predicted octanol–water partition coefficient (Wildman–Crippen LogP) is 3.57. The molecule has 0 aliphatic heterocycles. The average molecular weight is 215 g/mol. The molecule has 0 aromatic carbocycles. The molecular weight excluding hydrogens is 194 g/mol. The van der Waals surface area contributed by atoms with Gasteiger partial charge in [-0.2, -0.15) is 11.2 Å². The van der Waals surface area contributed by atoms with E-state index < -0.39 is 7.22 Å². The minimum Gasteiger partial charge on any atom is -0.293 e. The molecule has 0 saturated heterocycles. The van der Waals surface area contributed by atoms with Crippen LogP contribution in [-0.2, 0) is 0 Å². The largest absolute Gasteiger partial charge is 0.293 e. The van der Waals surface area contributed by atoms with E-state index in [0.717, 1.165) is 0 Å². The van der Waals surface area contributed by atoms with Crippen LogP contribution in [0.4, 0.5) is 0 Å². The van der Waals surface area contributed by atoms with Crippen molar-refractivity contribution in [3.8, 4) is 0 Å². The van der Waals surface area contributed by atoms with Crippen LogP contribution in [0.2, 0.25) is 19.6 Å². The van der Waals surface area contributed by atoms with Crippen LogP contribution in [0.25, 0.3) is 0 Å². The van der Waals surface area contributed by atoms with Crippen molar-refractivity contribution in [2.45, 2.75) is 57.1 Å². The van der Waals surface area contributed by atoms with Gasteiger partial charge in [0.1, 0.15) is 7.22 Å². The smallest absolute Gasteiger partial charge is 0.109 e. The van der Waals surface area contributed by atoms with Crippen molar-refractivity contribution in [3.05, 3.63) is 0 Å². The summed E-state index contributed by atoms with van der Waals surface area (Å²) in [5.74, 6) is 0. The van der Waals surface area contributed by atoms with Gasteiger partial charge in [-0.15, -0.1) is 0 Å². The summed E-state index contributed by atoms with van der Waals surface area (Å²) >= 11 is 2.16. The van der Waals surface area contributed by atoms with Crippen molar-refractivity contribution in [2.24, 2.45) is 4.99 Å². The highest BCUT2D eigenvalue weighted by Crippen LogP contribution is 2.27. The van der Waals surface area contributed by atoms with Gasteiger partial charge in [-0.3, -0.25) is 4.99 Å². The van der Waals surface area contributed by atoms with E-state index in [4.69, 9.17) is 0 Å². The fourth-order valence-electron chi connectivity index (χ4n) is 1.11. The highest BCUT2D eigenvalue weighted by atomic mass is 32.4. The highest BCUT2D eigenvalue weighted by molar-refractivity contribution is 8.29. The first kappa shape index (κ1) is 11.3. The van der Waals surface area contributed by atoms with Gasteiger partial charge in [-0.25, -0.2) is 0 Å². The van der Waals surface area contributed by atoms with E-state index in [0.29, 0.717) is 11.3 Å². The van der Waals surface area contributed by atoms with E-state index in [1.165, 1.54) is 19.3 Å². The quantitative estimate of drug-likeness (QED) is 0.504. The Bertz CT molecular complexity index is 182. The molecule has 0 aromatic rings. The van der Waals surface area contributed by atoms with E-state index in [9.17, 15) is 0 Å². The molecule has 1 atom stereocenters. The second-order valence-electron chi connectivity index (χ2n) is 4.71. The first-order valence-corrected chi connectivity index (χ1v) is 10.3. The normalized spacial score (nSPS) is 20.9. The lowest BCUT2D eigenvalue weighted by molar-refractivity contribution is 0.999. The summed E-state index contributed by atoms with van der Waals surface area (Å²) in [4.78, 5) is 4.57. The molecule has 13 heavy (non-hydrogen) atoms. The minimum absolute atomic E-state index is 0.673. The van der Waals surface area contributed by atoms with Crippen molar-refractivity contribution in [2.75, 3.05) is 0 Å². The van der Waals surface area contributed by atoms with Crippen LogP contribution in [-0.4, -0.2) is 24.7 Å². The molecule has 0 N–H and O–H groups in total. The predicted molar refractivity (Wildman–Crippen MR) is 66.5 cm³/mol. The molecule has 1 rings (SSSR count). The summed E-state index contributed by atoms with van der Waals surface area (Å²) < 4.78 is 0. The van der Waals surface area contributed by atoms with Crippen molar-refractivity contribution in [1.82, 2.24) is 0 Å². The van der Waals surface area contributed by atoms with E-state index in [1.807, 2.05) is 0 Å². The molecule has 0 spiro atoms. The van der Waals surface area contributed by atoms with E-state index in [-0.39, 0.29) is 0 Å². The zero-order chi connectivity index (χ0) is 9.90. The third kappa shape index (κ3) is 5.52. The van der Waals surface area contributed by atoms with Gasteiger partial charge in [-0.1, -0.05) is 26.6 Å². The molecule has 0 aromatic heterocycles. The van der Waals surface area contributed by atoms with Crippen LogP contribution < -0.4 is 0 Å². The van der Waals surface area contributed by atoms with E-state index in [2.05, 4.69) is 49.0 Å². The van der Waals surface area contributed by atoms with Crippen LogP contribution in [0, 0.1) is 0 Å². The molecule has 1 saturated carbocycles. The standard InChI is InChI=1S/C10H21NSSi/c1-5-10(12-13(2,3)4)8-11-9-6-7-9/h8-10H,5-7H2,1-4H3. The highest BCUT2D eigenvalue weighted by Gasteiger charge is 2.21. The molecule has 0 heterocycles. The van der Waals surface area contributed by atoms with Crippen LogP contribution >= 0.6 is 11.2 Å². The summed E-state index contributed by atoms with van der Waals surface area (Å²) in [6, 6.07) is 0.691. The zero-order valence-electron chi connectivity index (χ0n) is 9.21. The second kappa shape index (κ2) is 4.65. The maximum Gasteiger partial charge on any atom is 0.109 e. The maximum atomic E-state index is 4.57. The Morgan fingerprint density at radius 3 is 2.46 bits per heavy atom. The Morgan fingerprint density at radius 2 is 2.08 bits per heavy atom. The molecule has 1 aliphatic rings. The van der Waals surface area contributed by atoms with Gasteiger partial charge in [-0.05, 0) is 19.3 Å². The Labute approximate surface area is 87.1 Å². The summed E-state index contributed by atoms with van der Waals surface area (Å²) in [5, 5.41) is 0.673. The molecule has 3 heteroatoms. The summed E-state index contributed by atoms with van der Waals surface area (Å²) in [6.07, 6.45) is 6.08. The monoisotopic (exact) mass is 215 g/mol. The first-order valence-electron chi connectivity index (χ1n) is 5.22. The molecule has 1 nitrogen and oxygen atoms in total. The third-order valence-corrected chi connectivity index (χ3v) is 6.41. The van der Waals surface area contributed by atoms with Crippen molar-refractivity contribution >= 4 is 24.6 Å². The lowest BCUT2D eigenvalue weighted by atomic mass is 10.3. The van der Waals surface area contributed by atoms with Crippen molar-refractivity contribution in [1.29, 1.82) is 0 Å². The molecule has 1 unspecified atom stereocenters. The molecule has 0 bridgehead atoms. The molecule has 1 aliphatic carbocycles. The number of aliphatic imine (C=N–C) groups is 1. The number of nitrogens with zero attached hydrogens (tertiary/aromatic N) is 1. The Kier molecular flexibility index (Phi) is 4.04. The average Bonchev–Trinajstić information content (AvgIpc) is 2.78. The Balaban J connectivity index is 2.32. The van der Waals surface area contributed by atoms with Crippen molar-refractivity contribution < 1.29 is 0 Å². The Morgan fingerprint density at radius 1 is 1.46 bits per heavy atom. The minimum atomic E-state index is -0.967. The molecule has 76 valence electrons. The lowest BCUT2D eigenvalue weighted by Crippen LogP contribution is -2.21. The van der Waals surface area contributed by atoms with Gasteiger partial charge in [0.25, 0.3) is 0 Å². The number of rotatable bonds is 5. The SMILES string of the molecule is CCC(C=NC1CC1)S[Si](C)(C)C. The van der Waals surface area contributed by atoms with Crippen LogP contribution in [0.3, 0.4) is 0 Å².